The third-order valence-electron chi connectivity index (χ3n) is 5.10. The quantitative estimate of drug-likeness (QED) is 0.496. The summed E-state index contributed by atoms with van der Waals surface area (Å²) >= 11 is 0. The summed E-state index contributed by atoms with van der Waals surface area (Å²) in [4.78, 5) is 20.8. The van der Waals surface area contributed by atoms with E-state index in [9.17, 15) is 0 Å². The lowest BCUT2D eigenvalue weighted by Crippen LogP contribution is -2.37. The Labute approximate surface area is 173 Å². The summed E-state index contributed by atoms with van der Waals surface area (Å²) in [6, 6.07) is 5.72. The first-order valence-electron chi connectivity index (χ1n) is 9.89. The van der Waals surface area contributed by atoms with Crippen LogP contribution < -0.4 is 9.64 Å². The third-order valence-corrected chi connectivity index (χ3v) is 5.10. The molecule has 10 nitrogen and oxygen atoms in total. The molecule has 154 valence electrons. The molecule has 1 aliphatic rings. The summed E-state index contributed by atoms with van der Waals surface area (Å²) in [5.74, 6) is 1.72. The number of pyridine rings is 1. The van der Waals surface area contributed by atoms with Crippen LogP contribution >= 0.6 is 0 Å². The first-order chi connectivity index (χ1) is 14.8. The van der Waals surface area contributed by atoms with Crippen molar-refractivity contribution in [1.29, 1.82) is 0 Å². The van der Waals surface area contributed by atoms with E-state index in [1.165, 1.54) is 0 Å². The summed E-state index contributed by atoms with van der Waals surface area (Å²) in [6.45, 7) is 5.66. The first kappa shape index (κ1) is 18.5. The van der Waals surface area contributed by atoms with Gasteiger partial charge in [-0.05, 0) is 19.1 Å². The summed E-state index contributed by atoms with van der Waals surface area (Å²) < 4.78 is 14.6. The average Bonchev–Trinajstić information content (AvgIpc) is 3.43. The summed E-state index contributed by atoms with van der Waals surface area (Å²) in [7, 11) is 1.59. The number of rotatable bonds is 5. The number of imidazole rings is 1. The molecule has 0 saturated carbocycles. The lowest BCUT2D eigenvalue weighted by Gasteiger charge is -2.28. The molecule has 1 fully saturated rings. The SMILES string of the molecule is CCn1cnc2c(N3CCOCC3)nc(-n3cc(-c4ccccn4)c(OC)n3)nc21. The second-order valence-corrected chi connectivity index (χ2v) is 6.86. The minimum atomic E-state index is 0.458. The van der Waals surface area contributed by atoms with Crippen molar-refractivity contribution in [1.82, 2.24) is 34.3 Å². The van der Waals surface area contributed by atoms with Crippen molar-refractivity contribution < 1.29 is 9.47 Å². The highest BCUT2D eigenvalue weighted by Gasteiger charge is 2.22. The van der Waals surface area contributed by atoms with Crippen LogP contribution in [0.15, 0.2) is 36.9 Å². The number of ether oxygens (including phenoxy) is 2. The fourth-order valence-electron chi connectivity index (χ4n) is 3.56. The molecule has 0 N–H and O–H groups in total. The van der Waals surface area contributed by atoms with Gasteiger partial charge in [0.1, 0.15) is 0 Å². The number of anilines is 1. The van der Waals surface area contributed by atoms with Crippen LogP contribution in [0.1, 0.15) is 6.92 Å². The number of hydrogen-bond acceptors (Lipinski definition) is 8. The van der Waals surface area contributed by atoms with Gasteiger partial charge in [-0.25, -0.2) is 9.67 Å². The van der Waals surface area contributed by atoms with Crippen molar-refractivity contribution in [3.8, 4) is 23.1 Å². The number of nitrogens with zero attached hydrogens (tertiary/aromatic N) is 8. The van der Waals surface area contributed by atoms with E-state index in [1.54, 1.807) is 24.3 Å². The van der Waals surface area contributed by atoms with Crippen LogP contribution in [0.4, 0.5) is 5.82 Å². The van der Waals surface area contributed by atoms with Crippen LogP contribution in [0.5, 0.6) is 5.88 Å². The Kier molecular flexibility index (Phi) is 4.75. The van der Waals surface area contributed by atoms with Gasteiger partial charge < -0.3 is 18.9 Å². The zero-order valence-corrected chi connectivity index (χ0v) is 16.9. The predicted molar refractivity (Wildman–Crippen MR) is 111 cm³/mol. The average molecular weight is 406 g/mol. The first-order valence-corrected chi connectivity index (χ1v) is 9.89. The van der Waals surface area contributed by atoms with Gasteiger partial charge in [0.25, 0.3) is 5.95 Å². The number of morpholine rings is 1. The Balaban J connectivity index is 1.66. The van der Waals surface area contributed by atoms with E-state index in [4.69, 9.17) is 19.4 Å². The van der Waals surface area contributed by atoms with Crippen molar-refractivity contribution in [3.05, 3.63) is 36.9 Å². The molecule has 0 unspecified atom stereocenters. The number of fused-ring (bicyclic) bond motifs is 1. The van der Waals surface area contributed by atoms with Crippen molar-refractivity contribution in [2.45, 2.75) is 13.5 Å². The summed E-state index contributed by atoms with van der Waals surface area (Å²) in [6.07, 6.45) is 5.39. The fraction of sp³-hybridized carbons (Fsp3) is 0.350. The Bertz CT molecular complexity index is 1160. The Morgan fingerprint density at radius 2 is 2.00 bits per heavy atom. The van der Waals surface area contributed by atoms with Crippen LogP contribution in [-0.2, 0) is 11.3 Å². The largest absolute Gasteiger partial charge is 0.479 e. The number of methoxy groups -OCH3 is 1. The lowest BCUT2D eigenvalue weighted by molar-refractivity contribution is 0.122. The van der Waals surface area contributed by atoms with E-state index in [-0.39, 0.29) is 0 Å². The highest BCUT2D eigenvalue weighted by atomic mass is 16.5. The van der Waals surface area contributed by atoms with E-state index < -0.39 is 0 Å². The lowest BCUT2D eigenvalue weighted by atomic mass is 10.2. The maximum absolute atomic E-state index is 5.51. The second-order valence-electron chi connectivity index (χ2n) is 6.86. The van der Waals surface area contributed by atoms with Gasteiger partial charge >= 0.3 is 0 Å². The van der Waals surface area contributed by atoms with Gasteiger partial charge in [0.15, 0.2) is 17.0 Å². The standard InChI is InChI=1S/C20H22N8O2/c1-3-26-13-22-16-17(26)23-20(24-18(16)27-8-10-30-11-9-27)28-12-14(19(25-28)29-2)15-6-4-5-7-21-15/h4-7,12-13H,3,8-11H2,1-2H3. The Morgan fingerprint density at radius 3 is 2.73 bits per heavy atom. The van der Waals surface area contributed by atoms with Gasteiger partial charge in [-0.15, -0.1) is 5.10 Å². The Hall–Kier alpha value is -3.53. The molecule has 0 amide bonds. The van der Waals surface area contributed by atoms with Gasteiger partial charge in [-0.2, -0.15) is 9.97 Å². The van der Waals surface area contributed by atoms with Crippen LogP contribution in [0.25, 0.3) is 28.4 Å². The van der Waals surface area contributed by atoms with Gasteiger partial charge in [0.05, 0.1) is 37.9 Å². The summed E-state index contributed by atoms with van der Waals surface area (Å²) in [5, 5.41) is 4.56. The fourth-order valence-corrected chi connectivity index (χ4v) is 3.56. The normalized spacial score (nSPS) is 14.4. The van der Waals surface area contributed by atoms with Crippen LogP contribution in [0.3, 0.4) is 0 Å². The Morgan fingerprint density at radius 1 is 1.13 bits per heavy atom. The van der Waals surface area contributed by atoms with E-state index in [0.717, 1.165) is 47.9 Å². The van der Waals surface area contributed by atoms with Crippen molar-refractivity contribution in [2.75, 3.05) is 38.3 Å². The molecule has 0 spiro atoms. The maximum Gasteiger partial charge on any atom is 0.254 e. The van der Waals surface area contributed by atoms with E-state index >= 15 is 0 Å². The molecular formula is C20H22N8O2. The molecule has 0 aliphatic carbocycles. The van der Waals surface area contributed by atoms with Crippen molar-refractivity contribution in [3.63, 3.8) is 0 Å². The second kappa shape index (κ2) is 7.71. The number of aryl methyl sites for hydroxylation is 1. The van der Waals surface area contributed by atoms with Crippen molar-refractivity contribution in [2.24, 2.45) is 0 Å². The molecular weight excluding hydrogens is 384 g/mol. The van der Waals surface area contributed by atoms with Gasteiger partial charge in [-0.3, -0.25) is 4.98 Å². The topological polar surface area (TPSA) is 96.0 Å². The van der Waals surface area contributed by atoms with E-state index in [0.29, 0.717) is 25.0 Å². The van der Waals surface area contributed by atoms with Crippen molar-refractivity contribution >= 4 is 17.0 Å². The van der Waals surface area contributed by atoms with Crippen LogP contribution in [0, 0.1) is 0 Å². The molecule has 1 saturated heterocycles. The minimum Gasteiger partial charge on any atom is -0.479 e. The zero-order chi connectivity index (χ0) is 20.5. The van der Waals surface area contributed by atoms with Gasteiger partial charge in [0, 0.05) is 32.0 Å². The highest BCUT2D eigenvalue weighted by molar-refractivity contribution is 5.84. The molecule has 1 aliphatic heterocycles. The predicted octanol–water partition coefficient (Wildman–Crippen LogP) is 1.94. The molecule has 0 atom stereocenters. The summed E-state index contributed by atoms with van der Waals surface area (Å²) in [5.41, 5.74) is 3.11. The molecule has 10 heteroatoms. The highest BCUT2D eigenvalue weighted by Crippen LogP contribution is 2.29. The molecule has 0 radical (unpaired) electrons. The van der Waals surface area contributed by atoms with E-state index in [1.807, 2.05) is 29.0 Å². The zero-order valence-electron chi connectivity index (χ0n) is 16.9. The minimum absolute atomic E-state index is 0.458. The molecule has 5 rings (SSSR count). The van der Waals surface area contributed by atoms with Gasteiger partial charge in [0.2, 0.25) is 5.88 Å². The van der Waals surface area contributed by atoms with Crippen LogP contribution in [-0.4, -0.2) is 67.7 Å². The molecule has 4 aromatic rings. The molecule has 30 heavy (non-hydrogen) atoms. The monoisotopic (exact) mass is 406 g/mol. The smallest absolute Gasteiger partial charge is 0.254 e. The molecule has 5 heterocycles. The molecule has 4 aromatic heterocycles. The van der Waals surface area contributed by atoms with Crippen LogP contribution in [0.2, 0.25) is 0 Å². The third kappa shape index (κ3) is 3.14. The number of aromatic nitrogens is 7. The molecule has 0 bridgehead atoms. The maximum atomic E-state index is 5.51. The number of hydrogen-bond donors (Lipinski definition) is 0. The molecule has 0 aromatic carbocycles. The van der Waals surface area contributed by atoms with Gasteiger partial charge in [-0.1, -0.05) is 6.07 Å². The van der Waals surface area contributed by atoms with E-state index in [2.05, 4.69) is 26.9 Å².